The molecule has 6 rings (SSSR count). The van der Waals surface area contributed by atoms with Gasteiger partial charge < -0.3 is 25.4 Å². The molecule has 18 nitrogen and oxygen atoms in total. The lowest BCUT2D eigenvalue weighted by Gasteiger charge is -2.26. The summed E-state index contributed by atoms with van der Waals surface area (Å²) >= 11 is 0. The predicted octanol–water partition coefficient (Wildman–Crippen LogP) is 4.48. The fraction of sp³-hybridized carbons (Fsp3) is 0.179. The van der Waals surface area contributed by atoms with Crippen LogP contribution < -0.4 is 15.5 Å². The highest BCUT2D eigenvalue weighted by Gasteiger charge is 2.26. The van der Waals surface area contributed by atoms with Gasteiger partial charge in [0.15, 0.2) is 11.6 Å². The smallest absolute Gasteiger partial charge is 0.315 e. The molecule has 0 atom stereocenters. The molecule has 51 heavy (non-hydrogen) atoms. The number of nitrogens with zero attached hydrogens (tertiary/aromatic N) is 8. The second-order valence-electron chi connectivity index (χ2n) is 10.7. The summed E-state index contributed by atoms with van der Waals surface area (Å²) in [5.41, 5.74) is -1.18. The molecule has 266 valence electrons. The van der Waals surface area contributed by atoms with E-state index in [1.807, 2.05) is 5.32 Å². The van der Waals surface area contributed by atoms with E-state index in [0.717, 1.165) is 0 Å². The number of halogens is 3. The van der Waals surface area contributed by atoms with Crippen molar-refractivity contribution < 1.29 is 49.0 Å². The van der Waals surface area contributed by atoms with Crippen LogP contribution in [0.3, 0.4) is 0 Å². The standard InChI is InChI=1S/C28H23F3N10O8S2/c1-13-8-14-9-15(34-27-36-26(31)37-28(38-27)41-4-6-49-7-5-41)2-3-16(14)23(42)22(13)40-39-18-11-19(50(43,44)45)17(10-20(18)51(46,47)48)35-25-21(29)24(30)32-12-33-25/h2-3,8-12,42H,4-7H2,1H3,(H,32,33,35)(H,43,44,45)(H,46,47,48)(H,34,36,37,38). The van der Waals surface area contributed by atoms with E-state index in [9.17, 15) is 44.2 Å². The number of morpholine rings is 1. The quantitative estimate of drug-likeness (QED) is 0.0791. The molecule has 5 N–H and O–H groups in total. The molecular formula is C28H23F3N10O8S2. The van der Waals surface area contributed by atoms with Gasteiger partial charge in [-0.05, 0) is 54.3 Å². The highest BCUT2D eigenvalue weighted by atomic mass is 32.2. The Labute approximate surface area is 285 Å². The molecule has 1 aliphatic rings. The Hall–Kier alpha value is -5.62. The topological polar surface area (TPSA) is 255 Å². The van der Waals surface area contributed by atoms with Crippen LogP contribution in [0.5, 0.6) is 5.75 Å². The molecule has 0 saturated carbocycles. The molecule has 2 aromatic heterocycles. The van der Waals surface area contributed by atoms with Gasteiger partial charge in [0.2, 0.25) is 17.7 Å². The van der Waals surface area contributed by atoms with Crippen LogP contribution >= 0.6 is 0 Å². The maximum atomic E-state index is 14.3. The van der Waals surface area contributed by atoms with Crippen molar-refractivity contribution in [1.82, 2.24) is 24.9 Å². The zero-order valence-corrected chi connectivity index (χ0v) is 27.4. The summed E-state index contributed by atoms with van der Waals surface area (Å²) in [6.45, 7) is 3.30. The summed E-state index contributed by atoms with van der Waals surface area (Å²) in [6.07, 6.45) is -0.422. The second kappa shape index (κ2) is 13.6. The number of phenols is 1. The number of nitrogens with one attached hydrogen (secondary N) is 2. The summed E-state index contributed by atoms with van der Waals surface area (Å²) in [5.74, 6) is -4.63. The van der Waals surface area contributed by atoms with Crippen LogP contribution in [0.1, 0.15) is 5.56 Å². The third kappa shape index (κ3) is 7.60. The minimum absolute atomic E-state index is 0.0795. The van der Waals surface area contributed by atoms with E-state index < -0.39 is 70.8 Å². The van der Waals surface area contributed by atoms with Crippen molar-refractivity contribution in [2.75, 3.05) is 41.8 Å². The Morgan fingerprint density at radius 1 is 0.882 bits per heavy atom. The van der Waals surface area contributed by atoms with Crippen molar-refractivity contribution in [1.29, 1.82) is 0 Å². The van der Waals surface area contributed by atoms with Crippen LogP contribution in [0.15, 0.2) is 62.7 Å². The van der Waals surface area contributed by atoms with Crippen LogP contribution in [-0.4, -0.2) is 82.3 Å². The summed E-state index contributed by atoms with van der Waals surface area (Å²) < 4.78 is 116. The Kier molecular flexibility index (Phi) is 9.39. The van der Waals surface area contributed by atoms with E-state index in [0.29, 0.717) is 55.8 Å². The van der Waals surface area contributed by atoms with Gasteiger partial charge in [-0.15, -0.1) is 10.2 Å². The van der Waals surface area contributed by atoms with Crippen molar-refractivity contribution >= 4 is 71.5 Å². The number of aromatic nitrogens is 5. The molecular weight excluding hydrogens is 725 g/mol. The monoisotopic (exact) mass is 748 g/mol. The SMILES string of the molecule is Cc1cc2cc(Nc3nc(F)nc(N4CCOCC4)n3)ccc2c(O)c1N=Nc1cc(S(=O)(=O)O)c(Nc2ncnc(F)c2F)cc1S(=O)(=O)O. The Balaban J connectivity index is 1.35. The van der Waals surface area contributed by atoms with Gasteiger partial charge in [0, 0.05) is 24.2 Å². The number of anilines is 5. The maximum Gasteiger partial charge on any atom is 0.315 e. The molecule has 0 radical (unpaired) electrons. The van der Waals surface area contributed by atoms with Gasteiger partial charge in [0.05, 0.1) is 18.9 Å². The molecule has 1 saturated heterocycles. The lowest BCUT2D eigenvalue weighted by molar-refractivity contribution is 0.122. The van der Waals surface area contributed by atoms with E-state index in [1.54, 1.807) is 17.0 Å². The number of rotatable bonds is 9. The number of phenolic OH excluding ortho intramolecular Hbond substituents is 1. The first kappa shape index (κ1) is 35.2. The van der Waals surface area contributed by atoms with Crippen molar-refractivity contribution in [3.05, 3.63) is 66.1 Å². The predicted molar refractivity (Wildman–Crippen MR) is 172 cm³/mol. The van der Waals surface area contributed by atoms with Crippen LogP contribution in [-0.2, 0) is 25.0 Å². The molecule has 0 amide bonds. The molecule has 0 bridgehead atoms. The number of hydrogen-bond acceptors (Lipinski definition) is 16. The molecule has 1 aliphatic heterocycles. The van der Waals surface area contributed by atoms with Gasteiger partial charge in [0.1, 0.15) is 27.5 Å². The van der Waals surface area contributed by atoms with Crippen molar-refractivity contribution in [3.63, 3.8) is 0 Å². The first-order chi connectivity index (χ1) is 24.1. The van der Waals surface area contributed by atoms with E-state index in [1.165, 1.54) is 19.1 Å². The van der Waals surface area contributed by atoms with Crippen LogP contribution in [0.2, 0.25) is 0 Å². The Morgan fingerprint density at radius 2 is 1.61 bits per heavy atom. The largest absolute Gasteiger partial charge is 0.505 e. The summed E-state index contributed by atoms with van der Waals surface area (Å²) in [7, 11) is -10.4. The first-order valence-corrected chi connectivity index (χ1v) is 17.2. The number of ether oxygens (including phenoxy) is 1. The van der Waals surface area contributed by atoms with Crippen LogP contribution in [0.4, 0.5) is 53.6 Å². The molecule has 3 heterocycles. The fourth-order valence-electron chi connectivity index (χ4n) is 4.96. The van der Waals surface area contributed by atoms with Crippen molar-refractivity contribution in [2.45, 2.75) is 16.7 Å². The molecule has 3 aromatic carbocycles. The molecule has 5 aromatic rings. The molecule has 23 heteroatoms. The summed E-state index contributed by atoms with van der Waals surface area (Å²) in [5, 5.41) is 24.4. The van der Waals surface area contributed by atoms with E-state index >= 15 is 0 Å². The second-order valence-corrected chi connectivity index (χ2v) is 13.5. The van der Waals surface area contributed by atoms with Gasteiger partial charge in [-0.1, -0.05) is 0 Å². The average molecular weight is 749 g/mol. The van der Waals surface area contributed by atoms with E-state index in [2.05, 4.69) is 40.5 Å². The normalized spacial score (nSPS) is 14.0. The number of fused-ring (bicyclic) bond motifs is 1. The van der Waals surface area contributed by atoms with Crippen molar-refractivity contribution in [2.24, 2.45) is 10.2 Å². The zero-order valence-electron chi connectivity index (χ0n) is 25.8. The van der Waals surface area contributed by atoms with Gasteiger partial charge in [-0.2, -0.15) is 45.0 Å². The van der Waals surface area contributed by atoms with E-state index in [-0.39, 0.29) is 28.5 Å². The number of hydrogen-bond donors (Lipinski definition) is 5. The summed E-state index contributed by atoms with van der Waals surface area (Å²) in [6, 6.07) is 7.10. The lowest BCUT2D eigenvalue weighted by atomic mass is 10.0. The number of benzene rings is 3. The highest BCUT2D eigenvalue weighted by Crippen LogP contribution is 2.41. The summed E-state index contributed by atoms with van der Waals surface area (Å²) in [4.78, 5) is 17.7. The van der Waals surface area contributed by atoms with Crippen LogP contribution in [0, 0.1) is 24.8 Å². The van der Waals surface area contributed by atoms with Gasteiger partial charge >= 0.3 is 6.08 Å². The number of aromatic hydroxyl groups is 1. The van der Waals surface area contributed by atoms with E-state index in [4.69, 9.17) is 4.74 Å². The highest BCUT2D eigenvalue weighted by molar-refractivity contribution is 7.86. The lowest BCUT2D eigenvalue weighted by Crippen LogP contribution is -2.37. The van der Waals surface area contributed by atoms with Gasteiger partial charge in [-0.25, -0.2) is 9.97 Å². The molecule has 1 fully saturated rings. The number of aryl methyl sites for hydroxylation is 1. The van der Waals surface area contributed by atoms with Gasteiger partial charge in [-0.3, -0.25) is 9.11 Å². The van der Waals surface area contributed by atoms with Gasteiger partial charge in [0.25, 0.3) is 26.2 Å². The average Bonchev–Trinajstić information content (AvgIpc) is 3.06. The maximum absolute atomic E-state index is 14.3. The fourth-order valence-corrected chi connectivity index (χ4v) is 6.24. The van der Waals surface area contributed by atoms with Crippen molar-refractivity contribution in [3.8, 4) is 5.75 Å². The van der Waals surface area contributed by atoms with Crippen LogP contribution in [0.25, 0.3) is 10.8 Å². The first-order valence-electron chi connectivity index (χ1n) is 14.3. The zero-order chi connectivity index (χ0) is 36.7. The minimum atomic E-state index is -5.22. The Morgan fingerprint density at radius 3 is 2.31 bits per heavy atom. The third-order valence-electron chi connectivity index (χ3n) is 7.30. The molecule has 0 aliphatic carbocycles. The third-order valence-corrected chi connectivity index (χ3v) is 9.07. The molecule has 0 spiro atoms. The minimum Gasteiger partial charge on any atom is -0.505 e. The Bertz CT molecular complexity index is 2450. The number of azo groups is 1. The molecule has 0 unspecified atom stereocenters.